The second-order valence-corrected chi connectivity index (χ2v) is 20.5. The van der Waals surface area contributed by atoms with E-state index in [0.29, 0.717) is 11.1 Å². The van der Waals surface area contributed by atoms with Gasteiger partial charge >= 0.3 is 175 Å². The van der Waals surface area contributed by atoms with Crippen LogP contribution in [0.4, 0.5) is 0 Å². The molecule has 6 rings (SSSR count). The maximum Gasteiger partial charge on any atom is -0.109 e. The van der Waals surface area contributed by atoms with E-state index in [-0.39, 0.29) is 35.6 Å². The standard InChI is InChI=1S/C23H29.C15H8Cl6.C5H5.2ClH.Zr/c1-14-9-16-11-17-10-15(2)21(23(6,7)8)13-19(17)18(16)12-20(14)22(3,4)5;16-14(17,18)12-5-1-10(2-6-12)9-11-3-7-13(8-4-11)15(19,20)21;1-2-4-5-3-1;;;/h9-13H,1-8H3;1-8H;1-3H,4H2;2*1H;/q-1;;-1;;;+2/p-2. The minimum Gasteiger partial charge on any atom is -1.00 e. The number of aryl methyl sites for hydroxylation is 2. The quantitative estimate of drug-likeness (QED) is 0.123. The van der Waals surface area contributed by atoms with Crippen molar-refractivity contribution in [3.8, 4) is 0 Å². The van der Waals surface area contributed by atoms with E-state index in [1.165, 1.54) is 71.2 Å². The molecule has 0 fully saturated rings. The Hall–Kier alpha value is -0.697. The van der Waals surface area contributed by atoms with E-state index in [4.69, 9.17) is 69.6 Å². The number of hydrogen-bond acceptors (Lipinski definition) is 0. The molecule has 0 radical (unpaired) electrons. The summed E-state index contributed by atoms with van der Waals surface area (Å²) in [6.45, 7) is 18.3. The Labute approximate surface area is 367 Å². The molecule has 0 atom stereocenters. The molecule has 0 saturated carbocycles. The molecule has 0 N–H and O–H groups in total. The van der Waals surface area contributed by atoms with Crippen molar-refractivity contribution < 1.29 is 49.0 Å². The minimum atomic E-state index is -1.41. The molecule has 52 heavy (non-hydrogen) atoms. The molecule has 0 aromatic heterocycles. The summed E-state index contributed by atoms with van der Waals surface area (Å²) >= 11 is 36.4. The Morgan fingerprint density at radius 2 is 0.981 bits per heavy atom. The Kier molecular flexibility index (Phi) is 17.3. The van der Waals surface area contributed by atoms with Crippen molar-refractivity contribution in [2.24, 2.45) is 0 Å². The largest absolute Gasteiger partial charge is 1.00 e. The number of rotatable bonds is 2. The van der Waals surface area contributed by atoms with Crippen LogP contribution in [0, 0.1) is 19.9 Å². The molecule has 0 aliphatic heterocycles. The number of benzene rings is 4. The van der Waals surface area contributed by atoms with E-state index in [2.05, 4.69) is 97.9 Å². The van der Waals surface area contributed by atoms with Gasteiger partial charge in [-0.2, -0.15) is 6.08 Å². The first-order valence-electron chi connectivity index (χ1n) is 16.4. The van der Waals surface area contributed by atoms with E-state index in [1.54, 1.807) is 0 Å². The van der Waals surface area contributed by atoms with Crippen LogP contribution in [0.3, 0.4) is 0 Å². The summed E-state index contributed by atoms with van der Waals surface area (Å²) in [7, 11) is 0. The Balaban J connectivity index is 0.000000307. The Morgan fingerprint density at radius 1 is 0.615 bits per heavy atom. The van der Waals surface area contributed by atoms with Crippen LogP contribution >= 0.6 is 69.6 Å². The molecule has 5 aromatic carbocycles. The van der Waals surface area contributed by atoms with Crippen molar-refractivity contribution in [1.82, 2.24) is 0 Å². The zero-order chi connectivity index (χ0) is 37.2. The molecule has 0 nitrogen and oxygen atoms in total. The van der Waals surface area contributed by atoms with Gasteiger partial charge in [-0.05, 0) is 24.7 Å². The predicted octanol–water partition coefficient (Wildman–Crippen LogP) is 8.69. The summed E-state index contributed by atoms with van der Waals surface area (Å²) in [6.07, 6.45) is 10.0. The Bertz CT molecular complexity index is 1880. The van der Waals surface area contributed by atoms with Gasteiger partial charge in [0.25, 0.3) is 0 Å². The third kappa shape index (κ3) is 12.4. The van der Waals surface area contributed by atoms with E-state index in [1.807, 2.05) is 60.7 Å². The molecule has 0 saturated heterocycles. The first-order chi connectivity index (χ1) is 23.1. The number of hydrogen-bond donors (Lipinski definition) is 0. The second kappa shape index (κ2) is 19.0. The van der Waals surface area contributed by atoms with Gasteiger partial charge in [0, 0.05) is 0 Å². The van der Waals surface area contributed by atoms with Crippen LogP contribution in [0.25, 0.3) is 21.5 Å². The van der Waals surface area contributed by atoms with E-state index in [0.717, 1.165) is 17.5 Å². The van der Waals surface area contributed by atoms with Gasteiger partial charge in [0.05, 0.1) is 0 Å². The first-order valence-corrected chi connectivity index (χ1v) is 19.9. The number of fused-ring (bicyclic) bond motifs is 3. The van der Waals surface area contributed by atoms with Gasteiger partial charge in [-0.3, -0.25) is 6.08 Å². The van der Waals surface area contributed by atoms with Gasteiger partial charge in [0.1, 0.15) is 0 Å². The smallest absolute Gasteiger partial charge is 0.109 e. The fraction of sp³-hybridized carbons (Fsp3) is 0.302. The third-order valence-corrected chi connectivity index (χ3v) is 11.3. The normalized spacial score (nSPS) is 12.8. The molecule has 0 bridgehead atoms. The van der Waals surface area contributed by atoms with E-state index in [9.17, 15) is 0 Å². The summed E-state index contributed by atoms with van der Waals surface area (Å²) < 4.78 is -1.66. The van der Waals surface area contributed by atoms with E-state index >= 15 is 0 Å². The maximum absolute atomic E-state index is 5.86. The van der Waals surface area contributed by atoms with Crippen LogP contribution in [0.5, 0.6) is 0 Å². The van der Waals surface area contributed by atoms with Crippen molar-refractivity contribution in [3.63, 3.8) is 0 Å². The minimum absolute atomic E-state index is 0. The fourth-order valence-corrected chi connectivity index (χ4v) is 7.68. The molecule has 1 aliphatic carbocycles. The molecule has 9 heteroatoms. The Morgan fingerprint density at radius 3 is 1.23 bits per heavy atom. The summed E-state index contributed by atoms with van der Waals surface area (Å²) in [4.78, 5) is 0. The SMILES string of the molecule is Cc1cc2[cH-]c3cc(C)c(C(C)(C)C)cc3c2cc1C(C)(C)C.ClC(Cl)(Cl)c1ccc([C](=[Zr+2])c2ccc(C(Cl)(Cl)Cl)cc2)cc1.[C-]1=CC=CC1.[Cl-].[Cl-]. The zero-order valence-electron chi connectivity index (χ0n) is 30.5. The van der Waals surface area contributed by atoms with Crippen molar-refractivity contribution in [3.05, 3.63) is 148 Å². The molecule has 0 spiro atoms. The number of allylic oxidation sites excluding steroid dienone is 4. The zero-order valence-corrected chi connectivity index (χ0v) is 39.0. The summed E-state index contributed by atoms with van der Waals surface area (Å²) in [5.74, 6) is 0. The van der Waals surface area contributed by atoms with Crippen LogP contribution in [0.15, 0.2) is 97.1 Å². The molecule has 5 aromatic rings. The average Bonchev–Trinajstić information content (AvgIpc) is 3.70. The van der Waals surface area contributed by atoms with Gasteiger partial charge in [-0.1, -0.05) is 75.9 Å². The molecule has 0 heterocycles. The molecule has 0 unspecified atom stereocenters. The van der Waals surface area contributed by atoms with Crippen LogP contribution in [0.2, 0.25) is 0 Å². The van der Waals surface area contributed by atoms with Gasteiger partial charge in [0.2, 0.25) is 0 Å². The topological polar surface area (TPSA) is 0 Å². The molecule has 0 amide bonds. The monoisotopic (exact) mass is 928 g/mol. The number of alkyl halides is 6. The van der Waals surface area contributed by atoms with Crippen LogP contribution in [0.1, 0.15) is 92.5 Å². The van der Waals surface area contributed by atoms with Crippen LogP contribution in [-0.4, -0.2) is 3.21 Å². The van der Waals surface area contributed by atoms with Crippen LogP contribution in [-0.2, 0) is 42.7 Å². The van der Waals surface area contributed by atoms with Crippen LogP contribution < -0.4 is 24.8 Å². The van der Waals surface area contributed by atoms with E-state index < -0.39 is 7.59 Å². The molecule has 276 valence electrons. The molecule has 1 aliphatic rings. The summed E-state index contributed by atoms with van der Waals surface area (Å²) in [6, 6.07) is 26.9. The summed E-state index contributed by atoms with van der Waals surface area (Å²) in [5.41, 5.74) is 9.47. The fourth-order valence-electron chi connectivity index (χ4n) is 6.11. The van der Waals surface area contributed by atoms with Gasteiger partial charge < -0.3 is 24.8 Å². The maximum atomic E-state index is 5.86. The molecular weight excluding hydrogens is 891 g/mol. The van der Waals surface area contributed by atoms with Gasteiger partial charge in [-0.25, -0.2) is 12.2 Å². The first kappa shape index (κ1) is 47.5. The van der Waals surface area contributed by atoms with Crippen molar-refractivity contribution in [2.75, 3.05) is 0 Å². The average molecular weight is 934 g/mol. The van der Waals surface area contributed by atoms with Gasteiger partial charge in [-0.15, -0.1) is 46.2 Å². The molecular formula is C43H42Cl8Zr-2. The van der Waals surface area contributed by atoms with Crippen molar-refractivity contribution in [1.29, 1.82) is 0 Å². The van der Waals surface area contributed by atoms with Crippen molar-refractivity contribution >= 4 is 94.4 Å². The second-order valence-electron chi connectivity index (χ2n) is 14.7. The summed E-state index contributed by atoms with van der Waals surface area (Å²) in [5, 5.41) is 5.55. The van der Waals surface area contributed by atoms with Crippen molar-refractivity contribution in [2.45, 2.75) is 80.2 Å². The van der Waals surface area contributed by atoms with Gasteiger partial charge in [0.15, 0.2) is 0 Å². The third-order valence-electron chi connectivity index (χ3n) is 8.60. The predicted molar refractivity (Wildman–Crippen MR) is 220 cm³/mol. The number of halogens is 8.